The highest BCUT2D eigenvalue weighted by atomic mass is 16.3. The van der Waals surface area contributed by atoms with Crippen molar-refractivity contribution in [3.8, 4) is 17.0 Å². The van der Waals surface area contributed by atoms with E-state index >= 15 is 0 Å². The number of phenolic OH excluding ortho intramolecular Hbond substituents is 1. The summed E-state index contributed by atoms with van der Waals surface area (Å²) < 4.78 is 1.65. The van der Waals surface area contributed by atoms with Crippen molar-refractivity contribution < 1.29 is 5.11 Å². The molecule has 0 saturated carbocycles. The average molecular weight is 436 g/mol. The maximum atomic E-state index is 12.7. The second-order valence-corrected chi connectivity index (χ2v) is 10.2. The molecule has 1 aliphatic rings. The lowest BCUT2D eigenvalue weighted by atomic mass is 9.79. The van der Waals surface area contributed by atoms with Crippen molar-refractivity contribution >= 4 is 16.6 Å². The molecule has 4 rings (SSSR count). The molecule has 7 heteroatoms. The zero-order valence-corrected chi connectivity index (χ0v) is 19.8. The van der Waals surface area contributed by atoms with E-state index in [1.165, 1.54) is 0 Å². The van der Waals surface area contributed by atoms with Gasteiger partial charge in [0.25, 0.3) is 5.56 Å². The number of nitrogens with zero attached hydrogens (tertiary/aromatic N) is 4. The SMILES string of the molecule is CCn1ccc2cc(O)c(-c3ccc(N(C)C4CC(C)(C)NC(C)(C)C4)nn3)cc2c1=O. The molecule has 0 amide bonds. The lowest BCUT2D eigenvalue weighted by Gasteiger charge is -2.49. The van der Waals surface area contributed by atoms with E-state index in [0.29, 0.717) is 34.6 Å². The molecule has 0 bridgehead atoms. The Kier molecular flexibility index (Phi) is 5.49. The van der Waals surface area contributed by atoms with Crippen LogP contribution in [0.2, 0.25) is 0 Å². The minimum Gasteiger partial charge on any atom is -0.507 e. The van der Waals surface area contributed by atoms with Gasteiger partial charge in [0.1, 0.15) is 5.75 Å². The number of anilines is 1. The first-order chi connectivity index (χ1) is 15.0. The highest BCUT2D eigenvalue weighted by molar-refractivity contribution is 5.89. The Bertz CT molecular complexity index is 1180. The molecule has 0 unspecified atom stereocenters. The minimum absolute atomic E-state index is 0.0380. The first-order valence-corrected chi connectivity index (χ1v) is 11.2. The molecular formula is C25H33N5O2. The van der Waals surface area contributed by atoms with Crippen LogP contribution >= 0.6 is 0 Å². The molecule has 7 nitrogen and oxygen atoms in total. The van der Waals surface area contributed by atoms with Crippen LogP contribution in [0.15, 0.2) is 41.3 Å². The van der Waals surface area contributed by atoms with E-state index in [2.05, 4.69) is 55.2 Å². The summed E-state index contributed by atoms with van der Waals surface area (Å²) in [5, 5.41) is 24.4. The van der Waals surface area contributed by atoms with Gasteiger partial charge in [0.15, 0.2) is 5.82 Å². The standard InChI is InChI=1S/C25H33N5O2/c1-7-30-11-10-16-12-21(31)19(13-18(16)23(30)32)20-8-9-22(27-26-20)29(6)17-14-24(2,3)28-25(4,5)15-17/h8-13,17,28,31H,7,14-15H2,1-6H3. The van der Waals surface area contributed by atoms with Crippen LogP contribution in [-0.4, -0.2) is 44.0 Å². The topological polar surface area (TPSA) is 83.3 Å². The van der Waals surface area contributed by atoms with Crippen LogP contribution in [-0.2, 0) is 6.54 Å². The van der Waals surface area contributed by atoms with Crippen LogP contribution in [0.5, 0.6) is 5.75 Å². The van der Waals surface area contributed by atoms with Crippen molar-refractivity contribution in [2.45, 2.75) is 71.1 Å². The zero-order chi connectivity index (χ0) is 23.3. The van der Waals surface area contributed by atoms with E-state index in [9.17, 15) is 9.90 Å². The van der Waals surface area contributed by atoms with Crippen molar-refractivity contribution in [1.29, 1.82) is 0 Å². The molecule has 1 fully saturated rings. The number of aromatic hydroxyl groups is 1. The molecule has 0 atom stereocenters. The number of hydrogen-bond acceptors (Lipinski definition) is 6. The fraction of sp³-hybridized carbons (Fsp3) is 0.480. The molecule has 170 valence electrons. The Morgan fingerprint density at radius 3 is 2.41 bits per heavy atom. The summed E-state index contributed by atoms with van der Waals surface area (Å²) in [6.07, 6.45) is 3.76. The lowest BCUT2D eigenvalue weighted by molar-refractivity contribution is 0.160. The van der Waals surface area contributed by atoms with E-state index in [4.69, 9.17) is 0 Å². The lowest BCUT2D eigenvalue weighted by Crippen LogP contribution is -2.62. The molecule has 2 aromatic heterocycles. The molecule has 2 N–H and O–H groups in total. The summed E-state index contributed by atoms with van der Waals surface area (Å²) in [4.78, 5) is 14.9. The van der Waals surface area contributed by atoms with E-state index < -0.39 is 0 Å². The smallest absolute Gasteiger partial charge is 0.258 e. The minimum atomic E-state index is -0.0771. The first kappa shape index (κ1) is 22.3. The number of aryl methyl sites for hydroxylation is 1. The Labute approximate surface area is 189 Å². The third kappa shape index (κ3) is 4.21. The van der Waals surface area contributed by atoms with Crippen molar-refractivity contribution in [3.63, 3.8) is 0 Å². The maximum Gasteiger partial charge on any atom is 0.258 e. The predicted molar refractivity (Wildman–Crippen MR) is 129 cm³/mol. The molecule has 0 aliphatic carbocycles. The van der Waals surface area contributed by atoms with E-state index in [-0.39, 0.29) is 22.4 Å². The van der Waals surface area contributed by atoms with Crippen LogP contribution in [0.4, 0.5) is 5.82 Å². The summed E-state index contributed by atoms with van der Waals surface area (Å²) in [5.41, 5.74) is 1.05. The number of piperidine rings is 1. The van der Waals surface area contributed by atoms with Gasteiger partial charge in [0.2, 0.25) is 0 Å². The molecular weight excluding hydrogens is 402 g/mol. The Balaban J connectivity index is 1.65. The molecule has 3 aromatic rings. The number of rotatable bonds is 4. The number of hydrogen-bond donors (Lipinski definition) is 2. The van der Waals surface area contributed by atoms with Gasteiger partial charge in [-0.05, 0) is 83.2 Å². The maximum absolute atomic E-state index is 12.7. The number of fused-ring (bicyclic) bond motifs is 1. The highest BCUT2D eigenvalue weighted by Crippen LogP contribution is 2.34. The van der Waals surface area contributed by atoms with Crippen molar-refractivity contribution in [2.75, 3.05) is 11.9 Å². The van der Waals surface area contributed by atoms with Gasteiger partial charge < -0.3 is 19.9 Å². The largest absolute Gasteiger partial charge is 0.507 e. The molecule has 1 aliphatic heterocycles. The summed E-state index contributed by atoms with van der Waals surface area (Å²) >= 11 is 0. The van der Waals surface area contributed by atoms with Gasteiger partial charge in [-0.25, -0.2) is 0 Å². The van der Waals surface area contributed by atoms with Crippen LogP contribution in [0, 0.1) is 0 Å². The number of benzene rings is 1. The molecule has 1 saturated heterocycles. The van der Waals surface area contributed by atoms with Gasteiger partial charge in [0.05, 0.1) is 5.69 Å². The quantitative estimate of drug-likeness (QED) is 0.646. The molecule has 0 spiro atoms. The van der Waals surface area contributed by atoms with E-state index in [0.717, 1.165) is 18.7 Å². The normalized spacial score (nSPS) is 18.1. The summed E-state index contributed by atoms with van der Waals surface area (Å²) in [5.74, 6) is 0.879. The second kappa shape index (κ2) is 7.89. The van der Waals surface area contributed by atoms with Crippen molar-refractivity contribution in [2.24, 2.45) is 0 Å². The second-order valence-electron chi connectivity index (χ2n) is 10.2. The fourth-order valence-corrected chi connectivity index (χ4v) is 5.16. The first-order valence-electron chi connectivity index (χ1n) is 11.2. The van der Waals surface area contributed by atoms with Crippen LogP contribution < -0.4 is 15.8 Å². The number of aromatic nitrogens is 3. The molecule has 3 heterocycles. The van der Waals surface area contributed by atoms with Gasteiger partial charge in [-0.15, -0.1) is 10.2 Å². The fourth-order valence-electron chi connectivity index (χ4n) is 5.16. The third-order valence-electron chi connectivity index (χ3n) is 6.44. The third-order valence-corrected chi connectivity index (χ3v) is 6.44. The van der Waals surface area contributed by atoms with Gasteiger partial charge >= 0.3 is 0 Å². The zero-order valence-electron chi connectivity index (χ0n) is 19.8. The highest BCUT2D eigenvalue weighted by Gasteiger charge is 2.39. The predicted octanol–water partition coefficient (Wildman–Crippen LogP) is 3.93. The average Bonchev–Trinajstić information content (AvgIpc) is 2.71. The monoisotopic (exact) mass is 435 g/mol. The molecule has 32 heavy (non-hydrogen) atoms. The summed E-state index contributed by atoms with van der Waals surface area (Å²) in [6, 6.07) is 9.30. The van der Waals surface area contributed by atoms with Gasteiger partial charge in [-0.3, -0.25) is 4.79 Å². The number of pyridine rings is 1. The molecule has 0 radical (unpaired) electrons. The van der Waals surface area contributed by atoms with Crippen molar-refractivity contribution in [1.82, 2.24) is 20.1 Å². The Morgan fingerprint density at radius 1 is 1.12 bits per heavy atom. The van der Waals surface area contributed by atoms with Gasteiger partial charge in [0, 0.05) is 47.9 Å². The van der Waals surface area contributed by atoms with Crippen LogP contribution in [0.1, 0.15) is 47.5 Å². The van der Waals surface area contributed by atoms with Crippen LogP contribution in [0.3, 0.4) is 0 Å². The van der Waals surface area contributed by atoms with Gasteiger partial charge in [-0.1, -0.05) is 0 Å². The van der Waals surface area contributed by atoms with Crippen LogP contribution in [0.25, 0.3) is 22.0 Å². The van der Waals surface area contributed by atoms with E-state index in [1.54, 1.807) is 22.9 Å². The number of phenols is 1. The number of nitrogens with one attached hydrogen (secondary N) is 1. The summed E-state index contributed by atoms with van der Waals surface area (Å²) in [6.45, 7) is 11.5. The van der Waals surface area contributed by atoms with Crippen molar-refractivity contribution in [3.05, 3.63) is 46.9 Å². The van der Waals surface area contributed by atoms with E-state index in [1.807, 2.05) is 25.1 Å². The Morgan fingerprint density at radius 2 is 1.81 bits per heavy atom. The summed E-state index contributed by atoms with van der Waals surface area (Å²) in [7, 11) is 2.06. The van der Waals surface area contributed by atoms with Gasteiger partial charge in [-0.2, -0.15) is 0 Å². The molecule has 1 aromatic carbocycles. The Hall–Kier alpha value is -2.93.